The van der Waals surface area contributed by atoms with Crippen LogP contribution in [0.5, 0.6) is 0 Å². The molecule has 5 heteroatoms. The number of hydrogen-bond donors (Lipinski definition) is 2. The summed E-state index contributed by atoms with van der Waals surface area (Å²) in [7, 11) is 0. The molecule has 0 saturated carbocycles. The van der Waals surface area contributed by atoms with Gasteiger partial charge in [-0.25, -0.2) is 0 Å². The number of hydrogen-bond acceptors (Lipinski definition) is 3. The first-order valence-electron chi connectivity index (χ1n) is 7.60. The first kappa shape index (κ1) is 16.5. The van der Waals surface area contributed by atoms with Crippen molar-refractivity contribution in [3.05, 3.63) is 65.7 Å². The normalized spacial score (nSPS) is 11.1. The van der Waals surface area contributed by atoms with Crippen molar-refractivity contribution in [2.24, 2.45) is 0 Å². The minimum atomic E-state index is -0.339. The van der Waals surface area contributed by atoms with Crippen LogP contribution in [0.2, 0.25) is 0 Å². The van der Waals surface area contributed by atoms with Crippen LogP contribution in [-0.2, 0) is 4.79 Å². The van der Waals surface area contributed by atoms with Crippen molar-refractivity contribution in [2.45, 2.75) is 19.8 Å². The SMILES string of the molecule is CCCCNC(=O)/C(=C/c1ccco1)NC(=O)c1ccccc1. The molecule has 0 bridgehead atoms. The molecular weight excluding hydrogens is 292 g/mol. The fraction of sp³-hybridized carbons (Fsp3) is 0.222. The van der Waals surface area contributed by atoms with Crippen molar-refractivity contribution in [2.75, 3.05) is 6.54 Å². The quantitative estimate of drug-likeness (QED) is 0.610. The Morgan fingerprint density at radius 3 is 2.57 bits per heavy atom. The number of rotatable bonds is 7. The summed E-state index contributed by atoms with van der Waals surface area (Å²) in [6.45, 7) is 2.61. The van der Waals surface area contributed by atoms with E-state index >= 15 is 0 Å². The van der Waals surface area contributed by atoms with Crippen LogP contribution in [0, 0.1) is 0 Å². The zero-order chi connectivity index (χ0) is 16.5. The lowest BCUT2D eigenvalue weighted by molar-refractivity contribution is -0.117. The zero-order valence-corrected chi connectivity index (χ0v) is 13.0. The Labute approximate surface area is 135 Å². The van der Waals surface area contributed by atoms with Gasteiger partial charge in [-0.15, -0.1) is 0 Å². The van der Waals surface area contributed by atoms with Crippen LogP contribution in [0.1, 0.15) is 35.9 Å². The summed E-state index contributed by atoms with van der Waals surface area (Å²) in [6.07, 6.45) is 4.89. The molecule has 0 fully saturated rings. The van der Waals surface area contributed by atoms with E-state index in [1.165, 1.54) is 12.3 Å². The summed E-state index contributed by atoms with van der Waals surface area (Å²) in [4.78, 5) is 24.5. The fourth-order valence-corrected chi connectivity index (χ4v) is 1.93. The lowest BCUT2D eigenvalue weighted by Crippen LogP contribution is -2.35. The topological polar surface area (TPSA) is 71.3 Å². The van der Waals surface area contributed by atoms with Crippen molar-refractivity contribution in [1.82, 2.24) is 10.6 Å². The Bertz CT molecular complexity index is 661. The lowest BCUT2D eigenvalue weighted by Gasteiger charge is -2.10. The number of benzene rings is 1. The highest BCUT2D eigenvalue weighted by Crippen LogP contribution is 2.08. The molecule has 2 N–H and O–H groups in total. The maximum atomic E-state index is 12.3. The molecule has 0 radical (unpaired) electrons. The van der Waals surface area contributed by atoms with Gasteiger partial charge in [0.2, 0.25) is 0 Å². The number of nitrogens with one attached hydrogen (secondary N) is 2. The monoisotopic (exact) mass is 312 g/mol. The molecule has 0 atom stereocenters. The molecule has 2 amide bonds. The minimum Gasteiger partial charge on any atom is -0.465 e. The van der Waals surface area contributed by atoms with E-state index in [2.05, 4.69) is 10.6 Å². The highest BCUT2D eigenvalue weighted by Gasteiger charge is 2.14. The second-order valence-electron chi connectivity index (χ2n) is 5.00. The van der Waals surface area contributed by atoms with Crippen molar-refractivity contribution < 1.29 is 14.0 Å². The standard InChI is InChI=1S/C18H20N2O3/c1-2-3-11-19-18(22)16(13-15-10-7-12-23-15)20-17(21)14-8-5-4-6-9-14/h4-10,12-13H,2-3,11H2,1H3,(H,19,22)(H,20,21)/b16-13-. The highest BCUT2D eigenvalue weighted by atomic mass is 16.3. The number of amides is 2. The van der Waals surface area contributed by atoms with E-state index in [1.807, 2.05) is 13.0 Å². The Kier molecular flexibility index (Phi) is 6.17. The Morgan fingerprint density at radius 1 is 1.13 bits per heavy atom. The zero-order valence-electron chi connectivity index (χ0n) is 13.0. The predicted molar refractivity (Wildman–Crippen MR) is 88.5 cm³/mol. The second-order valence-corrected chi connectivity index (χ2v) is 5.00. The largest absolute Gasteiger partial charge is 0.465 e. The third kappa shape index (κ3) is 5.14. The molecule has 23 heavy (non-hydrogen) atoms. The van der Waals surface area contributed by atoms with Crippen LogP contribution < -0.4 is 10.6 Å². The van der Waals surface area contributed by atoms with Gasteiger partial charge in [0.25, 0.3) is 11.8 Å². The van der Waals surface area contributed by atoms with E-state index in [1.54, 1.807) is 36.4 Å². The molecule has 1 aromatic carbocycles. The molecule has 0 saturated heterocycles. The van der Waals surface area contributed by atoms with Crippen molar-refractivity contribution in [1.29, 1.82) is 0 Å². The van der Waals surface area contributed by atoms with Crippen LogP contribution in [0.3, 0.4) is 0 Å². The van der Waals surface area contributed by atoms with Gasteiger partial charge in [-0.1, -0.05) is 31.5 Å². The first-order valence-corrected chi connectivity index (χ1v) is 7.60. The van der Waals surface area contributed by atoms with E-state index < -0.39 is 0 Å². The fourth-order valence-electron chi connectivity index (χ4n) is 1.93. The molecule has 0 aliphatic heterocycles. The molecule has 5 nitrogen and oxygen atoms in total. The molecule has 1 aromatic heterocycles. The average Bonchev–Trinajstić information content (AvgIpc) is 3.08. The third-order valence-electron chi connectivity index (χ3n) is 3.17. The summed E-state index contributed by atoms with van der Waals surface area (Å²) in [5.74, 6) is -0.174. The number of carbonyl (C=O) groups excluding carboxylic acids is 2. The lowest BCUT2D eigenvalue weighted by atomic mass is 10.2. The van der Waals surface area contributed by atoms with Crippen LogP contribution in [0.15, 0.2) is 58.8 Å². The molecule has 120 valence electrons. The van der Waals surface area contributed by atoms with Crippen molar-refractivity contribution in [3.63, 3.8) is 0 Å². The van der Waals surface area contributed by atoms with Gasteiger partial charge in [0.15, 0.2) is 0 Å². The van der Waals surface area contributed by atoms with Gasteiger partial charge in [-0.05, 0) is 30.7 Å². The molecule has 1 heterocycles. The molecule has 0 spiro atoms. The van der Waals surface area contributed by atoms with Gasteiger partial charge in [-0.3, -0.25) is 9.59 Å². The highest BCUT2D eigenvalue weighted by molar-refractivity contribution is 6.05. The summed E-state index contributed by atoms with van der Waals surface area (Å²) in [5, 5.41) is 5.44. The molecule has 0 aliphatic carbocycles. The first-order chi connectivity index (χ1) is 11.2. The molecule has 0 unspecified atom stereocenters. The minimum absolute atomic E-state index is 0.157. The molecular formula is C18H20N2O3. The Hall–Kier alpha value is -2.82. The third-order valence-corrected chi connectivity index (χ3v) is 3.17. The maximum absolute atomic E-state index is 12.3. The van der Waals surface area contributed by atoms with Crippen LogP contribution in [-0.4, -0.2) is 18.4 Å². The summed E-state index contributed by atoms with van der Waals surface area (Å²) >= 11 is 0. The van der Waals surface area contributed by atoms with Gasteiger partial charge in [0, 0.05) is 18.2 Å². The average molecular weight is 312 g/mol. The number of carbonyl (C=O) groups is 2. The van der Waals surface area contributed by atoms with E-state index in [9.17, 15) is 9.59 Å². The van der Waals surface area contributed by atoms with E-state index in [-0.39, 0.29) is 17.5 Å². The second kappa shape index (κ2) is 8.58. The van der Waals surface area contributed by atoms with Gasteiger partial charge in [-0.2, -0.15) is 0 Å². The van der Waals surface area contributed by atoms with Crippen molar-refractivity contribution in [3.8, 4) is 0 Å². The van der Waals surface area contributed by atoms with Gasteiger partial charge in [0.05, 0.1) is 6.26 Å². The Balaban J connectivity index is 2.13. The molecule has 0 aliphatic rings. The van der Waals surface area contributed by atoms with E-state index in [0.717, 1.165) is 12.8 Å². The summed E-state index contributed by atoms with van der Waals surface area (Å²) in [5.41, 5.74) is 0.643. The molecule has 2 aromatic rings. The predicted octanol–water partition coefficient (Wildman–Crippen LogP) is 2.97. The summed E-state index contributed by atoms with van der Waals surface area (Å²) < 4.78 is 5.22. The molecule has 2 rings (SSSR count). The maximum Gasteiger partial charge on any atom is 0.267 e. The Morgan fingerprint density at radius 2 is 1.91 bits per heavy atom. The van der Waals surface area contributed by atoms with Crippen LogP contribution in [0.4, 0.5) is 0 Å². The van der Waals surface area contributed by atoms with Gasteiger partial charge in [0.1, 0.15) is 11.5 Å². The van der Waals surface area contributed by atoms with Crippen molar-refractivity contribution >= 4 is 17.9 Å². The van der Waals surface area contributed by atoms with Crippen LogP contribution in [0.25, 0.3) is 6.08 Å². The van der Waals surface area contributed by atoms with E-state index in [4.69, 9.17) is 4.42 Å². The van der Waals surface area contributed by atoms with Crippen LogP contribution >= 0.6 is 0 Å². The van der Waals surface area contributed by atoms with Gasteiger partial charge < -0.3 is 15.1 Å². The summed E-state index contributed by atoms with van der Waals surface area (Å²) in [6, 6.07) is 12.2. The smallest absolute Gasteiger partial charge is 0.267 e. The van der Waals surface area contributed by atoms with E-state index in [0.29, 0.717) is 17.9 Å². The number of unbranched alkanes of at least 4 members (excludes halogenated alkanes) is 1. The number of furan rings is 1. The van der Waals surface area contributed by atoms with Gasteiger partial charge >= 0.3 is 0 Å².